The summed E-state index contributed by atoms with van der Waals surface area (Å²) in [6, 6.07) is 8.14. The Labute approximate surface area is 92.8 Å². The van der Waals surface area contributed by atoms with Crippen LogP contribution >= 0.6 is 38.6 Å². The third kappa shape index (κ3) is 2.02. The molecule has 2 aromatic heterocycles. The van der Waals surface area contributed by atoms with Crippen molar-refractivity contribution in [3.63, 3.8) is 0 Å². The van der Waals surface area contributed by atoms with Crippen LogP contribution in [0.3, 0.4) is 0 Å². The Morgan fingerprint density at radius 3 is 2.31 bits per heavy atom. The molecule has 0 aliphatic rings. The van der Waals surface area contributed by atoms with Gasteiger partial charge < -0.3 is 5.11 Å². The number of aliphatic hydroxyl groups is 1. The third-order valence-electron chi connectivity index (χ3n) is 1.63. The molecule has 4 heteroatoms. The van der Waals surface area contributed by atoms with Crippen molar-refractivity contribution in [3.8, 4) is 9.75 Å². The smallest absolute Gasteiger partial charge is 0.0774 e. The van der Waals surface area contributed by atoms with Crippen molar-refractivity contribution in [2.24, 2.45) is 0 Å². The molecule has 68 valence electrons. The molecule has 0 unspecified atom stereocenters. The van der Waals surface area contributed by atoms with Crippen LogP contribution in [0.25, 0.3) is 9.75 Å². The zero-order valence-corrected chi connectivity index (χ0v) is 9.88. The molecule has 0 saturated carbocycles. The van der Waals surface area contributed by atoms with Crippen LogP contribution in [0.2, 0.25) is 0 Å². The van der Waals surface area contributed by atoms with Crippen LogP contribution in [0, 0.1) is 0 Å². The van der Waals surface area contributed by atoms with Crippen molar-refractivity contribution in [2.75, 3.05) is 0 Å². The Kier molecular flexibility index (Phi) is 2.83. The number of aliphatic hydroxyl groups excluding tert-OH is 1. The van der Waals surface area contributed by atoms with Crippen LogP contribution in [0.5, 0.6) is 0 Å². The topological polar surface area (TPSA) is 20.2 Å². The second-order valence-electron chi connectivity index (χ2n) is 2.53. The summed E-state index contributed by atoms with van der Waals surface area (Å²) in [4.78, 5) is 3.48. The summed E-state index contributed by atoms with van der Waals surface area (Å²) >= 11 is 6.78. The minimum absolute atomic E-state index is 0.136. The van der Waals surface area contributed by atoms with Crippen molar-refractivity contribution in [2.45, 2.75) is 6.61 Å². The summed E-state index contributed by atoms with van der Waals surface area (Å²) in [7, 11) is 0. The van der Waals surface area contributed by atoms with E-state index in [1.807, 2.05) is 12.1 Å². The molecule has 0 aromatic carbocycles. The minimum Gasteiger partial charge on any atom is -0.391 e. The van der Waals surface area contributed by atoms with Crippen molar-refractivity contribution < 1.29 is 5.11 Å². The van der Waals surface area contributed by atoms with Gasteiger partial charge in [-0.25, -0.2) is 0 Å². The summed E-state index contributed by atoms with van der Waals surface area (Å²) in [6.45, 7) is 0.136. The SMILES string of the molecule is OCc1ccc(-c2ccc(Br)s2)s1. The van der Waals surface area contributed by atoms with Gasteiger partial charge in [-0.05, 0) is 40.2 Å². The van der Waals surface area contributed by atoms with Crippen molar-refractivity contribution in [1.82, 2.24) is 0 Å². The lowest BCUT2D eigenvalue weighted by Crippen LogP contribution is -1.69. The van der Waals surface area contributed by atoms with Crippen molar-refractivity contribution in [3.05, 3.63) is 32.9 Å². The lowest BCUT2D eigenvalue weighted by molar-refractivity contribution is 0.285. The van der Waals surface area contributed by atoms with Gasteiger partial charge in [0.25, 0.3) is 0 Å². The van der Waals surface area contributed by atoms with Crippen LogP contribution in [0.1, 0.15) is 4.88 Å². The molecule has 0 aliphatic heterocycles. The summed E-state index contributed by atoms with van der Waals surface area (Å²) in [5.74, 6) is 0. The van der Waals surface area contributed by atoms with Crippen molar-refractivity contribution in [1.29, 1.82) is 0 Å². The van der Waals surface area contributed by atoms with E-state index in [4.69, 9.17) is 5.11 Å². The summed E-state index contributed by atoms with van der Waals surface area (Å²) in [6.07, 6.45) is 0. The molecular weight excluding hydrogens is 268 g/mol. The second-order valence-corrected chi connectivity index (χ2v) is 6.16. The molecule has 0 amide bonds. The van der Waals surface area contributed by atoms with Crippen LogP contribution in [0.15, 0.2) is 28.1 Å². The first-order valence-electron chi connectivity index (χ1n) is 3.75. The lowest BCUT2D eigenvalue weighted by Gasteiger charge is -1.88. The Balaban J connectivity index is 2.35. The molecule has 2 aromatic rings. The molecule has 2 rings (SSSR count). The fraction of sp³-hybridized carbons (Fsp3) is 0.111. The highest BCUT2D eigenvalue weighted by Gasteiger charge is 2.04. The van der Waals surface area contributed by atoms with E-state index in [1.54, 1.807) is 22.7 Å². The molecule has 0 saturated heterocycles. The molecule has 1 nitrogen and oxygen atoms in total. The van der Waals surface area contributed by atoms with Gasteiger partial charge in [-0.1, -0.05) is 0 Å². The van der Waals surface area contributed by atoms with Crippen LogP contribution in [0.4, 0.5) is 0 Å². The average Bonchev–Trinajstić information content (AvgIpc) is 2.71. The predicted molar refractivity (Wildman–Crippen MR) is 61.3 cm³/mol. The Morgan fingerprint density at radius 1 is 1.08 bits per heavy atom. The number of halogens is 1. The maximum absolute atomic E-state index is 8.91. The quantitative estimate of drug-likeness (QED) is 0.885. The van der Waals surface area contributed by atoms with Gasteiger partial charge >= 0.3 is 0 Å². The normalized spacial score (nSPS) is 10.6. The molecule has 1 N–H and O–H groups in total. The van der Waals surface area contributed by atoms with E-state index in [0.717, 1.165) is 8.66 Å². The van der Waals surface area contributed by atoms with Crippen LogP contribution in [-0.4, -0.2) is 5.11 Å². The largest absolute Gasteiger partial charge is 0.391 e. The summed E-state index contributed by atoms with van der Waals surface area (Å²) in [5, 5.41) is 8.91. The predicted octanol–water partition coefficient (Wildman–Crippen LogP) is 3.73. The zero-order valence-electron chi connectivity index (χ0n) is 6.66. The fourth-order valence-electron chi connectivity index (χ4n) is 1.04. The van der Waals surface area contributed by atoms with Crippen LogP contribution in [-0.2, 0) is 6.61 Å². The van der Waals surface area contributed by atoms with Gasteiger partial charge in [0, 0.05) is 14.6 Å². The molecule has 0 bridgehead atoms. The van der Waals surface area contributed by atoms with E-state index >= 15 is 0 Å². The second kappa shape index (κ2) is 3.92. The lowest BCUT2D eigenvalue weighted by atomic mass is 10.4. The highest BCUT2D eigenvalue weighted by molar-refractivity contribution is 9.11. The molecule has 0 spiro atoms. The van der Waals surface area contributed by atoms with E-state index < -0.39 is 0 Å². The summed E-state index contributed by atoms with van der Waals surface area (Å²) in [5.41, 5.74) is 0. The molecule has 0 fully saturated rings. The van der Waals surface area contributed by atoms with Gasteiger partial charge in [0.2, 0.25) is 0 Å². The summed E-state index contributed by atoms with van der Waals surface area (Å²) < 4.78 is 1.14. The highest BCUT2D eigenvalue weighted by atomic mass is 79.9. The fourth-order valence-corrected chi connectivity index (χ4v) is 3.39. The number of thiophene rings is 2. The van der Waals surface area contributed by atoms with E-state index in [0.29, 0.717) is 0 Å². The molecule has 0 aliphatic carbocycles. The van der Waals surface area contributed by atoms with Gasteiger partial charge in [0.15, 0.2) is 0 Å². The third-order valence-corrected chi connectivity index (χ3v) is 4.52. The monoisotopic (exact) mass is 274 g/mol. The van der Waals surface area contributed by atoms with Crippen LogP contribution < -0.4 is 0 Å². The van der Waals surface area contributed by atoms with E-state index in [1.165, 1.54) is 9.75 Å². The average molecular weight is 275 g/mol. The maximum atomic E-state index is 8.91. The highest BCUT2D eigenvalue weighted by Crippen LogP contribution is 2.35. The van der Waals surface area contributed by atoms with E-state index in [9.17, 15) is 0 Å². The first-order chi connectivity index (χ1) is 6.29. The first kappa shape index (κ1) is 9.40. The molecular formula is C9H7BrOS2. The Morgan fingerprint density at radius 2 is 1.77 bits per heavy atom. The zero-order chi connectivity index (χ0) is 9.26. The van der Waals surface area contributed by atoms with Gasteiger partial charge in [0.1, 0.15) is 0 Å². The first-order valence-corrected chi connectivity index (χ1v) is 6.17. The van der Waals surface area contributed by atoms with Gasteiger partial charge in [-0.3, -0.25) is 0 Å². The van der Waals surface area contributed by atoms with Crippen molar-refractivity contribution >= 4 is 38.6 Å². The van der Waals surface area contributed by atoms with E-state index in [-0.39, 0.29) is 6.61 Å². The standard InChI is InChI=1S/C9H7BrOS2/c10-9-4-3-8(13-9)7-2-1-6(5-11)12-7/h1-4,11H,5H2. The molecule has 0 atom stereocenters. The van der Waals surface area contributed by atoms with Gasteiger partial charge in [0.05, 0.1) is 10.4 Å². The molecule has 0 radical (unpaired) electrons. The minimum atomic E-state index is 0.136. The number of rotatable bonds is 2. The number of hydrogen-bond donors (Lipinski definition) is 1. The Bertz CT molecular complexity index is 405. The van der Waals surface area contributed by atoms with E-state index in [2.05, 4.69) is 28.1 Å². The molecule has 13 heavy (non-hydrogen) atoms. The molecule has 2 heterocycles. The van der Waals surface area contributed by atoms with Gasteiger partial charge in [-0.2, -0.15) is 0 Å². The number of hydrogen-bond acceptors (Lipinski definition) is 3. The van der Waals surface area contributed by atoms with Gasteiger partial charge in [-0.15, -0.1) is 22.7 Å². The Hall–Kier alpha value is -0.160. The maximum Gasteiger partial charge on any atom is 0.0774 e.